The van der Waals surface area contributed by atoms with Crippen LogP contribution in [0.15, 0.2) is 23.1 Å². The number of nitrogens with one attached hydrogen (secondary N) is 3. The van der Waals surface area contributed by atoms with Crippen LogP contribution in [0.1, 0.15) is 57.6 Å². The van der Waals surface area contributed by atoms with E-state index in [0.29, 0.717) is 23.4 Å². The van der Waals surface area contributed by atoms with Gasteiger partial charge in [0.25, 0.3) is 11.5 Å². The average Bonchev–Trinajstić information content (AvgIpc) is 2.80. The molecule has 1 amide bonds. The number of anilines is 1. The van der Waals surface area contributed by atoms with E-state index in [1.54, 1.807) is 16.8 Å². The molecule has 4 rings (SSSR count). The number of nitrogens with zero attached hydrogens (tertiary/aromatic N) is 2. The molecule has 4 atom stereocenters. The summed E-state index contributed by atoms with van der Waals surface area (Å²) in [6.07, 6.45) is 3.96. The van der Waals surface area contributed by atoms with E-state index < -0.39 is 23.9 Å². The van der Waals surface area contributed by atoms with Crippen LogP contribution < -0.4 is 33.0 Å². The van der Waals surface area contributed by atoms with Crippen LogP contribution in [0.4, 0.5) is 14.5 Å². The zero-order valence-electron chi connectivity index (χ0n) is 20.4. The van der Waals surface area contributed by atoms with Crippen molar-refractivity contribution in [2.45, 2.75) is 76.4 Å². The van der Waals surface area contributed by atoms with Gasteiger partial charge in [0, 0.05) is 56.3 Å². The highest BCUT2D eigenvalue weighted by atomic mass is 19.3. The van der Waals surface area contributed by atoms with Gasteiger partial charge in [0.2, 0.25) is 5.91 Å². The Balaban J connectivity index is 1.62. The maximum Gasteiger partial charge on any atom is 0.258 e. The number of hydrogen-bond donors (Lipinski definition) is 5. The number of primary amides is 1. The molecule has 2 saturated heterocycles. The SMILES string of the molecule is CC(C)n1cc(NC2NC(N3CCC[C@H](N)C3)NCC2C(N)=O)cc(C2=CCC(F)(F)CC2)c1=O. The minimum atomic E-state index is -2.74. The minimum absolute atomic E-state index is 0.0981. The average molecular weight is 494 g/mol. The third-order valence-electron chi connectivity index (χ3n) is 7.17. The molecule has 194 valence electrons. The van der Waals surface area contributed by atoms with Crippen LogP contribution in [0.2, 0.25) is 0 Å². The summed E-state index contributed by atoms with van der Waals surface area (Å²) in [5.41, 5.74) is 13.3. The van der Waals surface area contributed by atoms with Gasteiger partial charge in [0.1, 0.15) is 6.29 Å². The van der Waals surface area contributed by atoms with Crippen LogP contribution in [0.25, 0.3) is 5.57 Å². The van der Waals surface area contributed by atoms with Gasteiger partial charge in [-0.1, -0.05) is 6.08 Å². The first-order valence-corrected chi connectivity index (χ1v) is 12.4. The Morgan fingerprint density at radius 1 is 1.34 bits per heavy atom. The summed E-state index contributed by atoms with van der Waals surface area (Å²) in [5.74, 6) is -3.73. The molecule has 3 heterocycles. The third-order valence-corrected chi connectivity index (χ3v) is 7.17. The molecule has 9 nitrogen and oxygen atoms in total. The second kappa shape index (κ2) is 10.3. The summed E-state index contributed by atoms with van der Waals surface area (Å²) in [7, 11) is 0. The van der Waals surface area contributed by atoms with Gasteiger partial charge in [-0.15, -0.1) is 0 Å². The van der Waals surface area contributed by atoms with Gasteiger partial charge in [-0.05, 0) is 44.7 Å². The molecule has 1 aliphatic carbocycles. The number of alkyl halides is 2. The van der Waals surface area contributed by atoms with E-state index in [1.165, 1.54) is 6.08 Å². The predicted molar refractivity (Wildman–Crippen MR) is 132 cm³/mol. The molecule has 11 heteroatoms. The molecule has 7 N–H and O–H groups in total. The number of likely N-dealkylation sites (tertiary alicyclic amines) is 1. The van der Waals surface area contributed by atoms with E-state index in [9.17, 15) is 18.4 Å². The van der Waals surface area contributed by atoms with E-state index in [-0.39, 0.29) is 43.2 Å². The van der Waals surface area contributed by atoms with Crippen LogP contribution >= 0.6 is 0 Å². The molecular formula is C24H37F2N7O2. The summed E-state index contributed by atoms with van der Waals surface area (Å²) < 4.78 is 29.0. The van der Waals surface area contributed by atoms with E-state index in [0.717, 1.165) is 25.9 Å². The highest BCUT2D eigenvalue weighted by Gasteiger charge is 2.37. The van der Waals surface area contributed by atoms with Crippen LogP contribution in [0, 0.1) is 5.92 Å². The maximum absolute atomic E-state index is 13.7. The van der Waals surface area contributed by atoms with E-state index in [1.807, 2.05) is 13.8 Å². The Morgan fingerprint density at radius 3 is 2.74 bits per heavy atom. The zero-order chi connectivity index (χ0) is 25.3. The zero-order valence-corrected chi connectivity index (χ0v) is 20.4. The molecule has 1 aromatic rings. The summed E-state index contributed by atoms with van der Waals surface area (Å²) in [6.45, 7) is 5.78. The first-order valence-electron chi connectivity index (χ1n) is 12.4. The number of halogens is 2. The Labute approximate surface area is 204 Å². The largest absolute Gasteiger partial charge is 0.369 e. The Kier molecular flexibility index (Phi) is 7.60. The molecule has 0 spiro atoms. The number of nitrogens with two attached hydrogens (primary N) is 2. The second-order valence-corrected chi connectivity index (χ2v) is 10.2. The molecule has 2 fully saturated rings. The minimum Gasteiger partial charge on any atom is -0.369 e. The van der Waals surface area contributed by atoms with Crippen molar-refractivity contribution in [2.75, 3.05) is 25.0 Å². The van der Waals surface area contributed by atoms with Gasteiger partial charge in [0.15, 0.2) is 0 Å². The van der Waals surface area contributed by atoms with Gasteiger partial charge in [-0.2, -0.15) is 0 Å². The first kappa shape index (κ1) is 25.7. The van der Waals surface area contributed by atoms with Crippen molar-refractivity contribution in [3.63, 3.8) is 0 Å². The summed E-state index contributed by atoms with van der Waals surface area (Å²) >= 11 is 0. The highest BCUT2D eigenvalue weighted by Crippen LogP contribution is 2.36. The van der Waals surface area contributed by atoms with Crippen molar-refractivity contribution in [3.8, 4) is 0 Å². The fourth-order valence-electron chi connectivity index (χ4n) is 5.13. The Bertz CT molecular complexity index is 1030. The first-order chi connectivity index (χ1) is 16.5. The number of carbonyl (C=O) groups is 1. The number of aromatic nitrogens is 1. The molecule has 35 heavy (non-hydrogen) atoms. The fraction of sp³-hybridized carbons (Fsp3) is 0.667. The fourth-order valence-corrected chi connectivity index (χ4v) is 5.13. The summed E-state index contributed by atoms with van der Waals surface area (Å²) in [4.78, 5) is 27.6. The van der Waals surface area contributed by atoms with Gasteiger partial charge in [-0.3, -0.25) is 25.1 Å². The number of hydrogen-bond acceptors (Lipinski definition) is 7. The number of rotatable bonds is 6. The molecule has 0 aromatic carbocycles. The number of pyridine rings is 1. The maximum atomic E-state index is 13.7. The Hall–Kier alpha value is -2.34. The smallest absolute Gasteiger partial charge is 0.258 e. The lowest BCUT2D eigenvalue weighted by Gasteiger charge is -2.44. The molecule has 0 bridgehead atoms. The quantitative estimate of drug-likeness (QED) is 0.405. The van der Waals surface area contributed by atoms with Gasteiger partial charge < -0.3 is 21.4 Å². The van der Waals surface area contributed by atoms with E-state index in [4.69, 9.17) is 11.5 Å². The lowest BCUT2D eigenvalue weighted by atomic mass is 9.92. The van der Waals surface area contributed by atoms with Crippen LogP contribution in [0.3, 0.4) is 0 Å². The summed E-state index contributed by atoms with van der Waals surface area (Å²) in [5, 5.41) is 10.2. The van der Waals surface area contributed by atoms with Crippen LogP contribution in [-0.4, -0.2) is 59.4 Å². The molecule has 1 aromatic heterocycles. The van der Waals surface area contributed by atoms with Crippen molar-refractivity contribution in [1.82, 2.24) is 20.1 Å². The third kappa shape index (κ3) is 5.91. The normalized spacial score (nSPS) is 29.6. The van der Waals surface area contributed by atoms with Crippen molar-refractivity contribution < 1.29 is 13.6 Å². The van der Waals surface area contributed by atoms with E-state index in [2.05, 4.69) is 20.9 Å². The van der Waals surface area contributed by atoms with Crippen molar-refractivity contribution >= 4 is 17.2 Å². The van der Waals surface area contributed by atoms with Crippen LogP contribution in [-0.2, 0) is 4.79 Å². The van der Waals surface area contributed by atoms with Gasteiger partial charge in [-0.25, -0.2) is 8.78 Å². The van der Waals surface area contributed by atoms with Crippen LogP contribution in [0.5, 0.6) is 0 Å². The second-order valence-electron chi connectivity index (χ2n) is 10.2. The van der Waals surface area contributed by atoms with Crippen molar-refractivity contribution in [2.24, 2.45) is 17.4 Å². The topological polar surface area (TPSA) is 130 Å². The Morgan fingerprint density at radius 2 is 2.11 bits per heavy atom. The number of amides is 1. The molecule has 0 saturated carbocycles. The predicted octanol–water partition coefficient (Wildman–Crippen LogP) is 1.37. The monoisotopic (exact) mass is 493 g/mol. The van der Waals surface area contributed by atoms with Gasteiger partial charge >= 0.3 is 0 Å². The standard InChI is InChI=1S/C24H37F2N7O2/c1-14(2)33-13-17(10-18(22(33)35)15-5-7-24(25,26)8-6-15)30-21-19(20(28)34)11-29-23(31-21)32-9-3-4-16(27)12-32/h5,10,13-14,16,19,21,23,29-31H,3-4,6-9,11-12,27H2,1-2H3,(H2,28,34)/t16-,19?,21?,23?/m0/s1. The summed E-state index contributed by atoms with van der Waals surface area (Å²) in [6, 6.07) is 1.66. The number of piperidine rings is 1. The molecular weight excluding hydrogens is 456 g/mol. The van der Waals surface area contributed by atoms with Gasteiger partial charge in [0.05, 0.1) is 17.8 Å². The highest BCUT2D eigenvalue weighted by molar-refractivity contribution is 5.78. The lowest BCUT2D eigenvalue weighted by molar-refractivity contribution is -0.123. The molecule has 3 aliphatic rings. The van der Waals surface area contributed by atoms with Crippen molar-refractivity contribution in [1.29, 1.82) is 0 Å². The molecule has 3 unspecified atom stereocenters. The number of carbonyl (C=O) groups excluding carboxylic acids is 1. The van der Waals surface area contributed by atoms with E-state index >= 15 is 0 Å². The number of allylic oxidation sites excluding steroid dienone is 2. The lowest BCUT2D eigenvalue weighted by Crippen LogP contribution is -2.70. The molecule has 0 radical (unpaired) electrons. The molecule has 2 aliphatic heterocycles. The van der Waals surface area contributed by atoms with Crippen molar-refractivity contribution in [3.05, 3.63) is 34.3 Å².